The molecule has 1 N–H and O–H groups in total. The molecule has 0 saturated heterocycles. The van der Waals surface area contributed by atoms with Gasteiger partial charge >= 0.3 is 0 Å². The number of nitrogens with one attached hydrogen (secondary N) is 1. The first kappa shape index (κ1) is 23.0. The molecule has 3 aromatic carbocycles. The summed E-state index contributed by atoms with van der Waals surface area (Å²) < 4.78 is 26.5. The monoisotopic (exact) mass is 456 g/mol. The normalized spacial score (nSPS) is 12.3. The third-order valence-corrected chi connectivity index (χ3v) is 5.76. The molecule has 0 fully saturated rings. The van der Waals surface area contributed by atoms with Crippen LogP contribution in [0.1, 0.15) is 29.2 Å². The van der Waals surface area contributed by atoms with Crippen molar-refractivity contribution < 1.29 is 13.2 Å². The SMILES string of the molecule is CS(=O)(=O)NC(CC(=O)N(Cc1ccccc1)Cc1ccccc1)c1ccc(Cl)cc1. The Balaban J connectivity index is 1.85. The second-order valence-corrected chi connectivity index (χ2v) is 9.64. The molecule has 1 amide bonds. The summed E-state index contributed by atoms with van der Waals surface area (Å²) in [6, 6.07) is 25.6. The Morgan fingerprint density at radius 2 is 1.35 bits per heavy atom. The Bertz CT molecular complexity index is 1050. The number of amides is 1. The quantitative estimate of drug-likeness (QED) is 0.513. The van der Waals surface area contributed by atoms with Gasteiger partial charge in [-0.15, -0.1) is 0 Å². The molecular weight excluding hydrogens is 432 g/mol. The van der Waals surface area contributed by atoms with Gasteiger partial charge in [0, 0.05) is 24.5 Å². The number of sulfonamides is 1. The van der Waals surface area contributed by atoms with Crippen molar-refractivity contribution in [3.8, 4) is 0 Å². The fourth-order valence-electron chi connectivity index (χ4n) is 3.32. The van der Waals surface area contributed by atoms with Gasteiger partial charge in [0.1, 0.15) is 0 Å². The molecule has 3 aromatic rings. The smallest absolute Gasteiger partial charge is 0.225 e. The molecule has 7 heteroatoms. The minimum absolute atomic E-state index is 0.00559. The summed E-state index contributed by atoms with van der Waals surface area (Å²) in [5, 5.41) is 0.544. The van der Waals surface area contributed by atoms with Crippen LogP contribution in [0.3, 0.4) is 0 Å². The summed E-state index contributed by atoms with van der Waals surface area (Å²) >= 11 is 5.97. The maximum absolute atomic E-state index is 13.4. The molecule has 162 valence electrons. The highest BCUT2D eigenvalue weighted by molar-refractivity contribution is 7.88. The van der Waals surface area contributed by atoms with Gasteiger partial charge < -0.3 is 4.90 Å². The van der Waals surface area contributed by atoms with E-state index < -0.39 is 16.1 Å². The lowest BCUT2D eigenvalue weighted by Gasteiger charge is -2.26. The van der Waals surface area contributed by atoms with Crippen LogP contribution in [-0.2, 0) is 27.9 Å². The second kappa shape index (κ2) is 10.6. The van der Waals surface area contributed by atoms with E-state index in [1.165, 1.54) is 0 Å². The molecule has 0 aromatic heterocycles. The molecule has 1 atom stereocenters. The van der Waals surface area contributed by atoms with Gasteiger partial charge in [0.2, 0.25) is 15.9 Å². The Labute approximate surface area is 188 Å². The van der Waals surface area contributed by atoms with Crippen LogP contribution in [0, 0.1) is 0 Å². The molecule has 0 bridgehead atoms. The maximum atomic E-state index is 13.4. The van der Waals surface area contributed by atoms with Crippen LogP contribution < -0.4 is 4.72 Å². The average molecular weight is 457 g/mol. The van der Waals surface area contributed by atoms with Crippen LogP contribution in [0.2, 0.25) is 5.02 Å². The predicted molar refractivity (Wildman–Crippen MR) is 124 cm³/mol. The molecule has 0 radical (unpaired) electrons. The Morgan fingerprint density at radius 3 is 1.81 bits per heavy atom. The third-order valence-electron chi connectivity index (χ3n) is 4.79. The van der Waals surface area contributed by atoms with Gasteiger partial charge in [0.25, 0.3) is 0 Å². The number of nitrogens with zero attached hydrogens (tertiary/aromatic N) is 1. The fourth-order valence-corrected chi connectivity index (χ4v) is 4.19. The van der Waals surface area contributed by atoms with Crippen LogP contribution in [0.4, 0.5) is 0 Å². The van der Waals surface area contributed by atoms with Crippen molar-refractivity contribution in [2.45, 2.75) is 25.6 Å². The average Bonchev–Trinajstić information content (AvgIpc) is 2.74. The lowest BCUT2D eigenvalue weighted by Crippen LogP contribution is -2.35. The van der Waals surface area contributed by atoms with E-state index in [0.717, 1.165) is 17.4 Å². The van der Waals surface area contributed by atoms with Gasteiger partial charge in [-0.1, -0.05) is 84.4 Å². The van der Waals surface area contributed by atoms with E-state index in [2.05, 4.69) is 4.72 Å². The van der Waals surface area contributed by atoms with Crippen molar-refractivity contribution in [3.05, 3.63) is 107 Å². The number of hydrogen-bond donors (Lipinski definition) is 1. The number of carbonyl (C=O) groups excluding carboxylic acids is 1. The summed E-state index contributed by atoms with van der Waals surface area (Å²) in [5.74, 6) is -0.149. The van der Waals surface area contributed by atoms with Crippen molar-refractivity contribution in [1.29, 1.82) is 0 Å². The van der Waals surface area contributed by atoms with Crippen LogP contribution in [0.25, 0.3) is 0 Å². The van der Waals surface area contributed by atoms with E-state index in [4.69, 9.17) is 11.6 Å². The third kappa shape index (κ3) is 7.51. The second-order valence-electron chi connectivity index (χ2n) is 7.42. The number of halogens is 1. The molecule has 5 nitrogen and oxygen atoms in total. The topological polar surface area (TPSA) is 66.5 Å². The van der Waals surface area contributed by atoms with E-state index in [1.807, 2.05) is 60.7 Å². The number of carbonyl (C=O) groups is 1. The lowest BCUT2D eigenvalue weighted by atomic mass is 10.0. The first-order valence-corrected chi connectivity index (χ1v) is 12.2. The van der Waals surface area contributed by atoms with Gasteiger partial charge in [0.05, 0.1) is 12.3 Å². The minimum Gasteiger partial charge on any atom is -0.334 e. The first-order chi connectivity index (χ1) is 14.8. The number of hydrogen-bond acceptors (Lipinski definition) is 3. The van der Waals surface area contributed by atoms with Crippen LogP contribution in [-0.4, -0.2) is 25.5 Å². The zero-order chi connectivity index (χ0) is 22.3. The predicted octanol–water partition coefficient (Wildman–Crippen LogP) is 4.55. The number of benzene rings is 3. The Morgan fingerprint density at radius 1 is 0.871 bits per heavy atom. The van der Waals surface area contributed by atoms with Crippen molar-refractivity contribution in [2.75, 3.05) is 6.26 Å². The van der Waals surface area contributed by atoms with Gasteiger partial charge in [-0.3, -0.25) is 4.79 Å². The summed E-state index contributed by atoms with van der Waals surface area (Å²) in [6.45, 7) is 0.863. The summed E-state index contributed by atoms with van der Waals surface area (Å²) in [7, 11) is -3.52. The van der Waals surface area contributed by atoms with E-state index in [1.54, 1.807) is 29.2 Å². The highest BCUT2D eigenvalue weighted by Crippen LogP contribution is 2.22. The zero-order valence-corrected chi connectivity index (χ0v) is 18.8. The van der Waals surface area contributed by atoms with Gasteiger partial charge in [-0.05, 0) is 28.8 Å². The lowest BCUT2D eigenvalue weighted by molar-refractivity contribution is -0.133. The molecular formula is C24H25ClN2O3S. The van der Waals surface area contributed by atoms with Crippen LogP contribution >= 0.6 is 11.6 Å². The molecule has 0 heterocycles. The largest absolute Gasteiger partial charge is 0.334 e. The van der Waals surface area contributed by atoms with Gasteiger partial charge in [-0.2, -0.15) is 0 Å². The first-order valence-electron chi connectivity index (χ1n) is 9.88. The molecule has 1 unspecified atom stereocenters. The van der Waals surface area contributed by atoms with Crippen LogP contribution in [0.15, 0.2) is 84.9 Å². The number of rotatable bonds is 9. The molecule has 3 rings (SSSR count). The summed E-state index contributed by atoms with van der Waals surface area (Å²) in [5.41, 5.74) is 2.69. The highest BCUT2D eigenvalue weighted by atomic mass is 35.5. The molecule has 0 spiro atoms. The molecule has 0 aliphatic carbocycles. The van der Waals surface area contributed by atoms with Gasteiger partial charge in [0.15, 0.2) is 0 Å². The highest BCUT2D eigenvalue weighted by Gasteiger charge is 2.23. The summed E-state index contributed by atoms with van der Waals surface area (Å²) in [6.07, 6.45) is 1.08. The van der Waals surface area contributed by atoms with E-state index in [0.29, 0.717) is 23.7 Å². The molecule has 0 aliphatic heterocycles. The fraction of sp³-hybridized carbons (Fsp3) is 0.208. The molecule has 31 heavy (non-hydrogen) atoms. The van der Waals surface area contributed by atoms with E-state index in [-0.39, 0.29) is 12.3 Å². The standard InChI is InChI=1S/C24H25ClN2O3S/c1-31(29,30)26-23(21-12-14-22(25)15-13-21)16-24(28)27(17-19-8-4-2-5-9-19)18-20-10-6-3-7-11-20/h2-15,23,26H,16-18H2,1H3. The van der Waals surface area contributed by atoms with Crippen molar-refractivity contribution in [1.82, 2.24) is 9.62 Å². The zero-order valence-electron chi connectivity index (χ0n) is 17.2. The minimum atomic E-state index is -3.52. The van der Waals surface area contributed by atoms with E-state index >= 15 is 0 Å². The van der Waals surface area contributed by atoms with Crippen LogP contribution in [0.5, 0.6) is 0 Å². The Kier molecular flexibility index (Phi) is 7.85. The van der Waals surface area contributed by atoms with Crippen molar-refractivity contribution in [3.63, 3.8) is 0 Å². The van der Waals surface area contributed by atoms with Crippen molar-refractivity contribution >= 4 is 27.5 Å². The maximum Gasteiger partial charge on any atom is 0.225 e. The molecule has 0 saturated carbocycles. The van der Waals surface area contributed by atoms with E-state index in [9.17, 15) is 13.2 Å². The van der Waals surface area contributed by atoms with Gasteiger partial charge in [-0.25, -0.2) is 13.1 Å². The summed E-state index contributed by atoms with van der Waals surface area (Å²) in [4.78, 5) is 15.1. The Hall–Kier alpha value is -2.67. The molecule has 0 aliphatic rings. The van der Waals surface area contributed by atoms with Crippen molar-refractivity contribution in [2.24, 2.45) is 0 Å².